The van der Waals surface area contributed by atoms with E-state index in [0.717, 1.165) is 22.5 Å². The maximum atomic E-state index is 13.6. The number of aryl methyl sites for hydroxylation is 1. The molecule has 0 radical (unpaired) electrons. The van der Waals surface area contributed by atoms with Crippen molar-refractivity contribution in [3.05, 3.63) is 79.8 Å². The van der Waals surface area contributed by atoms with Gasteiger partial charge in [0.25, 0.3) is 5.91 Å². The highest BCUT2D eigenvalue weighted by atomic mass is 79.9. The number of amides is 1. The molecule has 3 aromatic rings. The Morgan fingerprint density at radius 1 is 1.17 bits per heavy atom. The number of aromatic nitrogens is 2. The van der Waals surface area contributed by atoms with E-state index in [1.807, 2.05) is 60.9 Å². The van der Waals surface area contributed by atoms with Crippen molar-refractivity contribution in [3.63, 3.8) is 0 Å². The minimum absolute atomic E-state index is 0.0244. The van der Waals surface area contributed by atoms with Crippen molar-refractivity contribution < 1.29 is 9.53 Å². The normalized spacial score (nSPS) is 16.8. The number of carbonyl (C=O) groups is 1. The molecule has 0 spiro atoms. The fourth-order valence-electron chi connectivity index (χ4n) is 3.97. The van der Waals surface area contributed by atoms with E-state index in [9.17, 15) is 4.79 Å². The topological polar surface area (TPSA) is 47.4 Å². The van der Waals surface area contributed by atoms with Crippen LogP contribution in [0, 0.1) is 6.92 Å². The van der Waals surface area contributed by atoms with Crippen molar-refractivity contribution in [2.75, 3.05) is 18.6 Å². The van der Waals surface area contributed by atoms with Crippen molar-refractivity contribution in [1.82, 2.24) is 9.55 Å². The summed E-state index contributed by atoms with van der Waals surface area (Å²) in [4.78, 5) is 19.9. The maximum absolute atomic E-state index is 13.6. The summed E-state index contributed by atoms with van der Waals surface area (Å²) in [5.41, 5.74) is 3.88. The van der Waals surface area contributed by atoms with Gasteiger partial charge in [0.1, 0.15) is 6.04 Å². The largest absolute Gasteiger partial charge is 0.383 e. The second-order valence-corrected chi connectivity index (χ2v) is 8.93. The maximum Gasteiger partial charge on any atom is 0.279 e. The van der Waals surface area contributed by atoms with E-state index in [2.05, 4.69) is 20.9 Å². The number of anilines is 1. The van der Waals surface area contributed by atoms with Gasteiger partial charge in [0.2, 0.25) is 0 Å². The van der Waals surface area contributed by atoms with Gasteiger partial charge in [-0.25, -0.2) is 4.98 Å². The van der Waals surface area contributed by atoms with Gasteiger partial charge in [0, 0.05) is 22.8 Å². The first-order valence-corrected chi connectivity index (χ1v) is 11.0. The molecule has 30 heavy (non-hydrogen) atoms. The Hall–Kier alpha value is -1.86. The van der Waals surface area contributed by atoms with Crippen LogP contribution in [-0.4, -0.2) is 29.2 Å². The van der Waals surface area contributed by atoms with E-state index in [0.29, 0.717) is 27.1 Å². The Kier molecular flexibility index (Phi) is 5.95. The lowest BCUT2D eigenvalue weighted by molar-refractivity contribution is 0.0989. The van der Waals surface area contributed by atoms with Crippen LogP contribution in [0.4, 0.5) is 5.69 Å². The fourth-order valence-corrected chi connectivity index (χ4v) is 4.98. The average molecular weight is 509 g/mol. The van der Waals surface area contributed by atoms with E-state index < -0.39 is 0 Å². The molecule has 0 saturated carbocycles. The Labute approximate surface area is 193 Å². The molecule has 5 nitrogen and oxygen atoms in total. The van der Waals surface area contributed by atoms with Crippen LogP contribution in [0.25, 0.3) is 0 Å². The summed E-state index contributed by atoms with van der Waals surface area (Å²) >= 11 is 16.0. The Morgan fingerprint density at radius 2 is 1.83 bits per heavy atom. The number of nitrogens with zero attached hydrogens (tertiary/aromatic N) is 3. The van der Waals surface area contributed by atoms with Crippen LogP contribution in [-0.2, 0) is 4.74 Å². The first-order valence-electron chi connectivity index (χ1n) is 9.45. The Balaban J connectivity index is 1.96. The molecule has 1 aliphatic rings. The minimum atomic E-state index is -0.375. The van der Waals surface area contributed by atoms with Gasteiger partial charge >= 0.3 is 0 Å². The molecule has 8 heteroatoms. The van der Waals surface area contributed by atoms with Gasteiger partial charge in [-0.3, -0.25) is 9.69 Å². The second kappa shape index (κ2) is 8.35. The smallest absolute Gasteiger partial charge is 0.279 e. The van der Waals surface area contributed by atoms with Crippen LogP contribution in [0.15, 0.2) is 47.2 Å². The van der Waals surface area contributed by atoms with Crippen molar-refractivity contribution >= 4 is 50.7 Å². The summed E-state index contributed by atoms with van der Waals surface area (Å²) in [6, 6.07) is 12.7. The summed E-state index contributed by atoms with van der Waals surface area (Å²) in [5.74, 6) is -0.167. The highest BCUT2D eigenvalue weighted by Gasteiger charge is 2.45. The Bertz CT molecular complexity index is 1110. The number of benzene rings is 2. The number of imidazole rings is 1. The standard InChI is InChI=1S/C22H20BrCl2N3O2/c1-12-4-7-16(25)10-17(12)28-19(14-5-8-15(24)9-6-14)20-18(21(28)29)26-22(23)27(20)13(2)11-30-3/h4-10,13,19H,11H2,1-3H3/t13-,19?/m1/s1. The molecule has 2 atom stereocenters. The summed E-state index contributed by atoms with van der Waals surface area (Å²) in [6.45, 7) is 4.48. The number of methoxy groups -OCH3 is 1. The number of hydrogen-bond donors (Lipinski definition) is 0. The highest BCUT2D eigenvalue weighted by molar-refractivity contribution is 9.10. The molecule has 0 N–H and O–H groups in total. The number of fused-ring (bicyclic) bond motifs is 1. The van der Waals surface area contributed by atoms with E-state index in [1.165, 1.54) is 0 Å². The van der Waals surface area contributed by atoms with Gasteiger partial charge in [0.05, 0.1) is 18.3 Å². The quantitative estimate of drug-likeness (QED) is 0.411. The Morgan fingerprint density at radius 3 is 2.50 bits per heavy atom. The summed E-state index contributed by atoms with van der Waals surface area (Å²) in [6.07, 6.45) is 0. The number of ether oxygens (including phenoxy) is 1. The van der Waals surface area contributed by atoms with Gasteiger partial charge in [0.15, 0.2) is 10.4 Å². The number of rotatable bonds is 5. The molecule has 0 bridgehead atoms. The molecule has 1 aliphatic heterocycles. The number of hydrogen-bond acceptors (Lipinski definition) is 3. The predicted octanol–water partition coefficient (Wildman–Crippen LogP) is 6.22. The van der Waals surface area contributed by atoms with Crippen molar-refractivity contribution in [2.24, 2.45) is 0 Å². The van der Waals surface area contributed by atoms with Gasteiger partial charge in [-0.05, 0) is 65.2 Å². The molecule has 2 aromatic carbocycles. The molecule has 1 amide bonds. The highest BCUT2D eigenvalue weighted by Crippen LogP contribution is 2.45. The summed E-state index contributed by atoms with van der Waals surface area (Å²) in [7, 11) is 1.66. The van der Waals surface area contributed by atoms with Gasteiger partial charge in [-0.1, -0.05) is 41.4 Å². The predicted molar refractivity (Wildman–Crippen MR) is 123 cm³/mol. The zero-order chi connectivity index (χ0) is 21.6. The van der Waals surface area contributed by atoms with Crippen molar-refractivity contribution in [1.29, 1.82) is 0 Å². The second-order valence-electron chi connectivity index (χ2n) is 7.35. The molecule has 0 fully saturated rings. The molecule has 0 aliphatic carbocycles. The molecule has 0 saturated heterocycles. The number of halogens is 3. The lowest BCUT2D eigenvalue weighted by atomic mass is 10.0. The van der Waals surface area contributed by atoms with Gasteiger partial charge in [-0.15, -0.1) is 0 Å². The lowest BCUT2D eigenvalue weighted by Gasteiger charge is -2.29. The molecule has 2 heterocycles. The van der Waals surface area contributed by atoms with Gasteiger partial charge in [-0.2, -0.15) is 0 Å². The molecular weight excluding hydrogens is 489 g/mol. The van der Waals surface area contributed by atoms with E-state index >= 15 is 0 Å². The summed E-state index contributed by atoms with van der Waals surface area (Å²) in [5, 5.41) is 1.20. The van der Waals surface area contributed by atoms with E-state index in [1.54, 1.807) is 12.0 Å². The molecule has 1 aromatic heterocycles. The third-order valence-electron chi connectivity index (χ3n) is 5.31. The first-order chi connectivity index (χ1) is 14.3. The molecule has 4 rings (SSSR count). The lowest BCUT2D eigenvalue weighted by Crippen LogP contribution is -2.31. The molecular formula is C22H20BrCl2N3O2. The number of carbonyl (C=O) groups excluding carboxylic acids is 1. The van der Waals surface area contributed by atoms with Crippen LogP contribution in [0.2, 0.25) is 10.0 Å². The van der Waals surface area contributed by atoms with Crippen molar-refractivity contribution in [2.45, 2.75) is 25.9 Å². The molecule has 156 valence electrons. The minimum Gasteiger partial charge on any atom is -0.383 e. The van der Waals surface area contributed by atoms with E-state index in [-0.39, 0.29) is 18.0 Å². The molecule has 1 unspecified atom stereocenters. The van der Waals surface area contributed by atoms with Crippen molar-refractivity contribution in [3.8, 4) is 0 Å². The average Bonchev–Trinajstić information content (AvgIpc) is 3.18. The third-order valence-corrected chi connectivity index (χ3v) is 6.36. The van der Waals surface area contributed by atoms with E-state index in [4.69, 9.17) is 27.9 Å². The van der Waals surface area contributed by atoms with Crippen LogP contribution in [0.3, 0.4) is 0 Å². The van der Waals surface area contributed by atoms with Crippen LogP contribution in [0.1, 0.15) is 46.3 Å². The summed E-state index contributed by atoms with van der Waals surface area (Å²) < 4.78 is 8.00. The zero-order valence-electron chi connectivity index (χ0n) is 16.7. The zero-order valence-corrected chi connectivity index (χ0v) is 19.8. The first kappa shape index (κ1) is 21.4. The fraction of sp³-hybridized carbons (Fsp3) is 0.273. The van der Waals surface area contributed by atoms with Crippen LogP contribution in [0.5, 0.6) is 0 Å². The third kappa shape index (κ3) is 3.56. The monoisotopic (exact) mass is 507 g/mol. The van der Waals surface area contributed by atoms with Crippen LogP contribution < -0.4 is 4.90 Å². The van der Waals surface area contributed by atoms with Gasteiger partial charge < -0.3 is 9.30 Å². The SMILES string of the molecule is COC[C@@H](C)n1c(Br)nc2c1C(c1ccc(Cl)cc1)N(c1cc(Cl)ccc1C)C2=O. The van der Waals surface area contributed by atoms with Crippen LogP contribution >= 0.6 is 39.1 Å².